The van der Waals surface area contributed by atoms with Crippen LogP contribution in [0, 0.1) is 6.92 Å². The Morgan fingerprint density at radius 3 is 2.75 bits per heavy atom. The van der Waals surface area contributed by atoms with Crippen LogP contribution >= 0.6 is 0 Å². The molecule has 0 aromatic carbocycles. The molecule has 1 rings (SSSR count). The minimum atomic E-state index is -0.187. The SMILES string of the molecule is CCn1nc(C)cc1CN(CCOC)CCC(=O)OC. The minimum Gasteiger partial charge on any atom is -0.469 e. The van der Waals surface area contributed by atoms with Crippen molar-refractivity contribution >= 4 is 5.97 Å². The highest BCUT2D eigenvalue weighted by molar-refractivity contribution is 5.69. The smallest absolute Gasteiger partial charge is 0.306 e. The Balaban J connectivity index is 2.64. The van der Waals surface area contributed by atoms with Crippen LogP contribution < -0.4 is 0 Å². The van der Waals surface area contributed by atoms with Crippen LogP contribution in [-0.2, 0) is 27.4 Å². The summed E-state index contributed by atoms with van der Waals surface area (Å²) in [4.78, 5) is 13.5. The molecule has 0 radical (unpaired) electrons. The Morgan fingerprint density at radius 1 is 1.40 bits per heavy atom. The number of hydrogen-bond acceptors (Lipinski definition) is 5. The van der Waals surface area contributed by atoms with E-state index in [0.717, 1.165) is 31.0 Å². The molecule has 0 bridgehead atoms. The highest BCUT2D eigenvalue weighted by Gasteiger charge is 2.12. The van der Waals surface area contributed by atoms with Crippen molar-refractivity contribution in [3.05, 3.63) is 17.5 Å². The van der Waals surface area contributed by atoms with Crippen LogP contribution in [0.3, 0.4) is 0 Å². The first-order valence-corrected chi connectivity index (χ1v) is 6.92. The summed E-state index contributed by atoms with van der Waals surface area (Å²) < 4.78 is 11.8. The molecule has 1 aromatic rings. The topological polar surface area (TPSA) is 56.6 Å². The van der Waals surface area contributed by atoms with Gasteiger partial charge in [-0.1, -0.05) is 0 Å². The van der Waals surface area contributed by atoms with Crippen LogP contribution in [0.25, 0.3) is 0 Å². The van der Waals surface area contributed by atoms with Gasteiger partial charge in [-0.2, -0.15) is 5.10 Å². The van der Waals surface area contributed by atoms with Crippen molar-refractivity contribution in [1.29, 1.82) is 0 Å². The van der Waals surface area contributed by atoms with E-state index < -0.39 is 0 Å². The van der Waals surface area contributed by atoms with Crippen LogP contribution in [0.4, 0.5) is 0 Å². The maximum Gasteiger partial charge on any atom is 0.306 e. The second-order valence-electron chi connectivity index (χ2n) is 4.69. The van der Waals surface area contributed by atoms with E-state index in [9.17, 15) is 4.79 Å². The summed E-state index contributed by atoms with van der Waals surface area (Å²) >= 11 is 0. The quantitative estimate of drug-likeness (QED) is 0.638. The molecule has 1 aromatic heterocycles. The zero-order valence-corrected chi connectivity index (χ0v) is 12.9. The average Bonchev–Trinajstić information content (AvgIpc) is 2.81. The van der Waals surface area contributed by atoms with Crippen molar-refractivity contribution in [2.75, 3.05) is 33.9 Å². The third-order valence-electron chi connectivity index (χ3n) is 3.14. The molecule has 0 aliphatic carbocycles. The summed E-state index contributed by atoms with van der Waals surface area (Å²) in [6.45, 7) is 7.74. The molecule has 20 heavy (non-hydrogen) atoms. The molecular formula is C14H25N3O3. The maximum atomic E-state index is 11.3. The summed E-state index contributed by atoms with van der Waals surface area (Å²) in [5.41, 5.74) is 2.17. The van der Waals surface area contributed by atoms with Gasteiger partial charge in [-0.3, -0.25) is 14.4 Å². The molecule has 0 unspecified atom stereocenters. The lowest BCUT2D eigenvalue weighted by Crippen LogP contribution is -2.30. The second-order valence-corrected chi connectivity index (χ2v) is 4.69. The van der Waals surface area contributed by atoms with E-state index in [2.05, 4.69) is 27.7 Å². The predicted molar refractivity (Wildman–Crippen MR) is 76.4 cm³/mol. The lowest BCUT2D eigenvalue weighted by Gasteiger charge is -2.21. The number of carbonyl (C=O) groups is 1. The zero-order chi connectivity index (χ0) is 15.0. The van der Waals surface area contributed by atoms with Crippen LogP contribution in [-0.4, -0.2) is 54.6 Å². The van der Waals surface area contributed by atoms with E-state index in [1.54, 1.807) is 7.11 Å². The lowest BCUT2D eigenvalue weighted by atomic mass is 10.3. The molecule has 0 aliphatic heterocycles. The Morgan fingerprint density at radius 2 is 2.15 bits per heavy atom. The van der Waals surface area contributed by atoms with Crippen molar-refractivity contribution in [2.45, 2.75) is 33.4 Å². The summed E-state index contributed by atoms with van der Waals surface area (Å²) in [7, 11) is 3.09. The number of hydrogen-bond donors (Lipinski definition) is 0. The molecule has 0 amide bonds. The molecule has 1 heterocycles. The summed E-state index contributed by atoms with van der Waals surface area (Å²) in [5, 5.41) is 4.44. The number of methoxy groups -OCH3 is 2. The Bertz CT molecular complexity index is 418. The third-order valence-corrected chi connectivity index (χ3v) is 3.14. The standard InChI is InChI=1S/C14H25N3O3/c1-5-17-13(10-12(2)15-17)11-16(8-9-19-3)7-6-14(18)20-4/h10H,5-9,11H2,1-4H3. The van der Waals surface area contributed by atoms with Crippen molar-refractivity contribution in [1.82, 2.24) is 14.7 Å². The third kappa shape index (κ3) is 5.30. The van der Waals surface area contributed by atoms with Gasteiger partial charge in [0.15, 0.2) is 0 Å². The van der Waals surface area contributed by atoms with Gasteiger partial charge in [-0.25, -0.2) is 0 Å². The molecule has 0 saturated carbocycles. The van der Waals surface area contributed by atoms with Crippen LogP contribution in [0.15, 0.2) is 6.07 Å². The minimum absolute atomic E-state index is 0.187. The molecule has 0 N–H and O–H groups in total. The number of rotatable bonds is 9. The molecule has 0 saturated heterocycles. The lowest BCUT2D eigenvalue weighted by molar-refractivity contribution is -0.141. The van der Waals surface area contributed by atoms with Gasteiger partial charge in [0, 0.05) is 33.3 Å². The van der Waals surface area contributed by atoms with Gasteiger partial charge in [-0.15, -0.1) is 0 Å². The number of nitrogens with zero attached hydrogens (tertiary/aromatic N) is 3. The van der Waals surface area contributed by atoms with Gasteiger partial charge < -0.3 is 9.47 Å². The van der Waals surface area contributed by atoms with E-state index >= 15 is 0 Å². The molecular weight excluding hydrogens is 258 g/mol. The second kappa shape index (κ2) is 8.71. The van der Waals surface area contributed by atoms with Crippen LogP contribution in [0.1, 0.15) is 24.7 Å². The van der Waals surface area contributed by atoms with Crippen LogP contribution in [0.2, 0.25) is 0 Å². The molecule has 114 valence electrons. The molecule has 0 aliphatic rings. The summed E-state index contributed by atoms with van der Waals surface area (Å²) in [5.74, 6) is -0.187. The highest BCUT2D eigenvalue weighted by Crippen LogP contribution is 2.08. The van der Waals surface area contributed by atoms with Gasteiger partial charge in [0.25, 0.3) is 0 Å². The van der Waals surface area contributed by atoms with Crippen molar-refractivity contribution in [3.63, 3.8) is 0 Å². The Labute approximate surface area is 120 Å². The molecule has 6 heteroatoms. The zero-order valence-electron chi connectivity index (χ0n) is 12.9. The number of aryl methyl sites for hydroxylation is 2. The van der Waals surface area contributed by atoms with Crippen LogP contribution in [0.5, 0.6) is 0 Å². The van der Waals surface area contributed by atoms with Gasteiger partial charge in [-0.05, 0) is 19.9 Å². The number of ether oxygens (including phenoxy) is 2. The first-order valence-electron chi connectivity index (χ1n) is 6.92. The highest BCUT2D eigenvalue weighted by atomic mass is 16.5. The van der Waals surface area contributed by atoms with E-state index in [4.69, 9.17) is 4.74 Å². The van der Waals surface area contributed by atoms with E-state index in [-0.39, 0.29) is 5.97 Å². The monoisotopic (exact) mass is 283 g/mol. The van der Waals surface area contributed by atoms with Crippen molar-refractivity contribution in [2.24, 2.45) is 0 Å². The van der Waals surface area contributed by atoms with Gasteiger partial charge in [0.1, 0.15) is 0 Å². The van der Waals surface area contributed by atoms with Crippen molar-refractivity contribution < 1.29 is 14.3 Å². The molecule has 0 spiro atoms. The summed E-state index contributed by atoms with van der Waals surface area (Å²) in [6.07, 6.45) is 0.388. The Hall–Kier alpha value is -1.40. The molecule has 6 nitrogen and oxygen atoms in total. The molecule has 0 atom stereocenters. The van der Waals surface area contributed by atoms with E-state index in [0.29, 0.717) is 19.6 Å². The van der Waals surface area contributed by atoms with E-state index in [1.807, 2.05) is 11.6 Å². The van der Waals surface area contributed by atoms with E-state index in [1.165, 1.54) is 7.11 Å². The first kappa shape index (κ1) is 16.7. The number of aromatic nitrogens is 2. The fourth-order valence-corrected chi connectivity index (χ4v) is 2.07. The van der Waals surface area contributed by atoms with Gasteiger partial charge in [0.05, 0.1) is 31.5 Å². The van der Waals surface area contributed by atoms with Gasteiger partial charge in [0.2, 0.25) is 0 Å². The maximum absolute atomic E-state index is 11.3. The van der Waals surface area contributed by atoms with Crippen molar-refractivity contribution in [3.8, 4) is 0 Å². The fourth-order valence-electron chi connectivity index (χ4n) is 2.07. The normalized spacial score (nSPS) is 11.1. The van der Waals surface area contributed by atoms with Gasteiger partial charge >= 0.3 is 5.97 Å². The number of esters is 1. The number of carbonyl (C=O) groups excluding carboxylic acids is 1. The largest absolute Gasteiger partial charge is 0.469 e. The fraction of sp³-hybridized carbons (Fsp3) is 0.714. The Kier molecular flexibility index (Phi) is 7.25. The predicted octanol–water partition coefficient (Wildman–Crippen LogP) is 1.22. The average molecular weight is 283 g/mol. The first-order chi connectivity index (χ1) is 9.60. The molecule has 0 fully saturated rings. The summed E-state index contributed by atoms with van der Waals surface area (Å²) in [6, 6.07) is 2.08.